The normalized spacial score (nSPS) is 17.5. The van der Waals surface area contributed by atoms with E-state index in [-0.39, 0.29) is 30.1 Å². The number of halogens is 1. The highest BCUT2D eigenvalue weighted by Crippen LogP contribution is 2.25. The number of hydrogen-bond donors (Lipinski definition) is 0. The van der Waals surface area contributed by atoms with Crippen molar-refractivity contribution < 1.29 is 22.7 Å². The molecule has 0 radical (unpaired) electrons. The van der Waals surface area contributed by atoms with Gasteiger partial charge < -0.3 is 14.4 Å². The zero-order valence-corrected chi connectivity index (χ0v) is 18.5. The van der Waals surface area contributed by atoms with Crippen LogP contribution in [0.15, 0.2) is 48.5 Å². The number of para-hydroxylation sites is 1. The van der Waals surface area contributed by atoms with Gasteiger partial charge in [0.05, 0.1) is 23.1 Å². The van der Waals surface area contributed by atoms with Crippen LogP contribution in [0.25, 0.3) is 0 Å². The van der Waals surface area contributed by atoms with Crippen molar-refractivity contribution >= 4 is 27.3 Å². The first-order valence-electron chi connectivity index (χ1n) is 9.97. The molecule has 0 spiro atoms. The van der Waals surface area contributed by atoms with Crippen LogP contribution in [-0.2, 0) is 21.2 Å². The fourth-order valence-corrected chi connectivity index (χ4v) is 5.25. The first-order chi connectivity index (χ1) is 14.4. The number of hydrogen-bond acceptors (Lipinski definition) is 5. The second-order valence-corrected chi connectivity index (χ2v) is 9.93. The van der Waals surface area contributed by atoms with Crippen LogP contribution in [0.4, 0.5) is 0 Å². The Balaban J connectivity index is 1.71. The molecule has 1 aliphatic heterocycles. The van der Waals surface area contributed by atoms with E-state index in [0.29, 0.717) is 30.3 Å². The van der Waals surface area contributed by atoms with Crippen molar-refractivity contribution in [2.45, 2.75) is 32.4 Å². The van der Waals surface area contributed by atoms with Crippen molar-refractivity contribution in [2.24, 2.45) is 0 Å². The maximum atomic E-state index is 13.0. The number of nitrogens with zero attached hydrogens (tertiary/aromatic N) is 1. The molecule has 1 amide bonds. The summed E-state index contributed by atoms with van der Waals surface area (Å²) < 4.78 is 35.2. The van der Waals surface area contributed by atoms with Crippen LogP contribution in [0.2, 0.25) is 5.02 Å². The van der Waals surface area contributed by atoms with E-state index in [1.54, 1.807) is 29.2 Å². The molecule has 1 heterocycles. The summed E-state index contributed by atoms with van der Waals surface area (Å²) in [5.41, 5.74) is 0.897. The van der Waals surface area contributed by atoms with Gasteiger partial charge in [-0.3, -0.25) is 4.79 Å². The van der Waals surface area contributed by atoms with Crippen LogP contribution >= 0.6 is 11.6 Å². The zero-order chi connectivity index (χ0) is 21.6. The monoisotopic (exact) mass is 451 g/mol. The molecule has 1 fully saturated rings. The third-order valence-corrected chi connectivity index (χ3v) is 6.97. The van der Waals surface area contributed by atoms with E-state index >= 15 is 0 Å². The number of ether oxygens (including phenoxy) is 2. The molecular formula is C22H26ClNO5S. The van der Waals surface area contributed by atoms with Crippen LogP contribution in [0, 0.1) is 0 Å². The van der Waals surface area contributed by atoms with Crippen LogP contribution in [0.5, 0.6) is 11.5 Å². The van der Waals surface area contributed by atoms with Gasteiger partial charge in [-0.25, -0.2) is 8.42 Å². The molecule has 0 N–H and O–H groups in total. The summed E-state index contributed by atoms with van der Waals surface area (Å²) in [4.78, 5) is 14.6. The van der Waals surface area contributed by atoms with Gasteiger partial charge in [-0.2, -0.15) is 0 Å². The number of sulfone groups is 1. The van der Waals surface area contributed by atoms with Crippen LogP contribution in [0.3, 0.4) is 0 Å². The summed E-state index contributed by atoms with van der Waals surface area (Å²) in [6.07, 6.45) is 1.35. The van der Waals surface area contributed by atoms with E-state index < -0.39 is 9.84 Å². The van der Waals surface area contributed by atoms with Crippen molar-refractivity contribution in [3.05, 3.63) is 59.1 Å². The average Bonchev–Trinajstić information content (AvgIpc) is 3.10. The quantitative estimate of drug-likeness (QED) is 0.581. The predicted molar refractivity (Wildman–Crippen MR) is 117 cm³/mol. The molecule has 1 atom stereocenters. The molecule has 2 aromatic carbocycles. The molecule has 1 aliphatic rings. The van der Waals surface area contributed by atoms with E-state index in [4.69, 9.17) is 21.1 Å². The summed E-state index contributed by atoms with van der Waals surface area (Å²) in [5, 5.41) is 0.419. The Labute approximate surface area is 182 Å². The Hall–Kier alpha value is -2.25. The highest BCUT2D eigenvalue weighted by atomic mass is 35.5. The molecule has 3 rings (SSSR count). The molecule has 1 saturated heterocycles. The summed E-state index contributed by atoms with van der Waals surface area (Å²) >= 11 is 6.09. The lowest BCUT2D eigenvalue weighted by Crippen LogP contribution is -2.43. The van der Waals surface area contributed by atoms with E-state index in [1.807, 2.05) is 31.2 Å². The van der Waals surface area contributed by atoms with Gasteiger partial charge in [-0.1, -0.05) is 42.8 Å². The van der Waals surface area contributed by atoms with Crippen molar-refractivity contribution in [1.82, 2.24) is 4.90 Å². The fourth-order valence-electron chi connectivity index (χ4n) is 3.33. The van der Waals surface area contributed by atoms with Crippen molar-refractivity contribution in [3.63, 3.8) is 0 Å². The lowest BCUT2D eigenvalue weighted by molar-refractivity contribution is -0.136. The Kier molecular flexibility index (Phi) is 7.61. The average molecular weight is 452 g/mol. The number of rotatable bonds is 9. The maximum Gasteiger partial charge on any atom is 0.261 e. The standard InChI is InChI=1S/C22H26ClNO5S/c1-2-12-28-19-9-7-17(8-10-19)14-24(18-11-13-30(26,27)16-18)22(25)15-29-21-6-4-3-5-20(21)23/h3-10,18H,2,11-16H2,1H3. The first kappa shape index (κ1) is 22.4. The summed E-state index contributed by atoms with van der Waals surface area (Å²) in [6.45, 7) is 2.78. The van der Waals surface area contributed by atoms with Crippen molar-refractivity contribution in [1.29, 1.82) is 0 Å². The molecule has 1 unspecified atom stereocenters. The molecule has 30 heavy (non-hydrogen) atoms. The highest BCUT2D eigenvalue weighted by Gasteiger charge is 2.34. The summed E-state index contributed by atoms with van der Waals surface area (Å²) in [5.74, 6) is 0.982. The van der Waals surface area contributed by atoms with Crippen LogP contribution in [0.1, 0.15) is 25.3 Å². The highest BCUT2D eigenvalue weighted by molar-refractivity contribution is 7.91. The minimum absolute atomic E-state index is 0.0253. The van der Waals surface area contributed by atoms with Gasteiger partial charge in [0.2, 0.25) is 0 Å². The van der Waals surface area contributed by atoms with E-state index in [1.165, 1.54) is 0 Å². The van der Waals surface area contributed by atoms with Gasteiger partial charge >= 0.3 is 0 Å². The molecule has 0 aromatic heterocycles. The van der Waals surface area contributed by atoms with E-state index in [2.05, 4.69) is 0 Å². The van der Waals surface area contributed by atoms with Crippen LogP contribution < -0.4 is 9.47 Å². The SMILES string of the molecule is CCCOc1ccc(CN(C(=O)COc2ccccc2Cl)C2CCS(=O)(=O)C2)cc1. The molecular weight excluding hydrogens is 426 g/mol. The van der Waals surface area contributed by atoms with Gasteiger partial charge in [0.15, 0.2) is 16.4 Å². The third-order valence-electron chi connectivity index (χ3n) is 4.91. The second kappa shape index (κ2) is 10.2. The molecule has 162 valence electrons. The largest absolute Gasteiger partial charge is 0.494 e. The Bertz CT molecular complexity index is 962. The Morgan fingerprint density at radius 3 is 2.50 bits per heavy atom. The smallest absolute Gasteiger partial charge is 0.261 e. The second-order valence-electron chi connectivity index (χ2n) is 7.29. The molecule has 8 heteroatoms. The minimum Gasteiger partial charge on any atom is -0.494 e. The zero-order valence-electron chi connectivity index (χ0n) is 16.9. The van der Waals surface area contributed by atoms with Gasteiger partial charge in [0.25, 0.3) is 5.91 Å². The topological polar surface area (TPSA) is 72.9 Å². The lowest BCUT2D eigenvalue weighted by Gasteiger charge is -2.28. The number of carbonyl (C=O) groups is 1. The van der Waals surface area contributed by atoms with Crippen molar-refractivity contribution in [3.8, 4) is 11.5 Å². The fraction of sp³-hybridized carbons (Fsp3) is 0.409. The molecule has 0 bridgehead atoms. The predicted octanol–water partition coefficient (Wildman–Crippen LogP) is 3.72. The summed E-state index contributed by atoms with van der Waals surface area (Å²) in [7, 11) is -3.13. The van der Waals surface area contributed by atoms with Crippen molar-refractivity contribution in [2.75, 3.05) is 24.7 Å². The number of amides is 1. The van der Waals surface area contributed by atoms with Gasteiger partial charge in [-0.15, -0.1) is 0 Å². The lowest BCUT2D eigenvalue weighted by atomic mass is 10.1. The molecule has 6 nitrogen and oxygen atoms in total. The van der Waals surface area contributed by atoms with Crippen LogP contribution in [-0.4, -0.2) is 50.0 Å². The molecule has 0 aliphatic carbocycles. The molecule has 0 saturated carbocycles. The van der Waals surface area contributed by atoms with E-state index in [0.717, 1.165) is 17.7 Å². The van der Waals surface area contributed by atoms with E-state index in [9.17, 15) is 13.2 Å². The Morgan fingerprint density at radius 1 is 1.13 bits per heavy atom. The number of benzene rings is 2. The van der Waals surface area contributed by atoms with Gasteiger partial charge in [-0.05, 0) is 42.7 Å². The number of carbonyl (C=O) groups excluding carboxylic acids is 1. The minimum atomic E-state index is -3.13. The third kappa shape index (κ3) is 6.12. The molecule has 2 aromatic rings. The van der Waals surface area contributed by atoms with Gasteiger partial charge in [0, 0.05) is 12.6 Å². The van der Waals surface area contributed by atoms with Gasteiger partial charge in [0.1, 0.15) is 11.5 Å². The first-order valence-corrected chi connectivity index (χ1v) is 12.2. The maximum absolute atomic E-state index is 13.0. The Morgan fingerprint density at radius 2 is 1.87 bits per heavy atom. The summed E-state index contributed by atoms with van der Waals surface area (Å²) in [6, 6.07) is 14.1.